The highest BCUT2D eigenvalue weighted by Crippen LogP contribution is 2.25. The van der Waals surface area contributed by atoms with Gasteiger partial charge in [0.05, 0.1) is 18.4 Å². The number of benzene rings is 1. The van der Waals surface area contributed by atoms with Crippen molar-refractivity contribution in [2.75, 3.05) is 18.5 Å². The maximum Gasteiger partial charge on any atom is 0.0943 e. The maximum atomic E-state index is 9.35. The molecule has 3 N–H and O–H groups in total. The first-order chi connectivity index (χ1) is 8.70. The molecule has 2 rings (SSSR count). The van der Waals surface area contributed by atoms with E-state index in [1.165, 1.54) is 0 Å². The molecule has 0 aliphatic heterocycles. The number of para-hydroxylation sites is 1. The Balaban J connectivity index is 2.20. The summed E-state index contributed by atoms with van der Waals surface area (Å²) in [5.41, 5.74) is 2.74. The second-order valence-electron chi connectivity index (χ2n) is 4.14. The average Bonchev–Trinajstić information content (AvgIpc) is 2.83. The number of aliphatic hydroxyl groups excluding tert-OH is 2. The molecule has 1 unspecified atom stereocenters. The van der Waals surface area contributed by atoms with E-state index in [-0.39, 0.29) is 6.61 Å². The van der Waals surface area contributed by atoms with Gasteiger partial charge in [0, 0.05) is 31.0 Å². The number of hydrogen-bond acceptors (Lipinski definition) is 4. The number of rotatable bonds is 5. The van der Waals surface area contributed by atoms with Crippen LogP contribution in [0.3, 0.4) is 0 Å². The van der Waals surface area contributed by atoms with Crippen LogP contribution in [0, 0.1) is 0 Å². The molecule has 0 radical (unpaired) electrons. The molecule has 5 nitrogen and oxygen atoms in total. The SMILES string of the molecule is Cn1ccc(-c2ccccc2NCC(O)CO)n1. The lowest BCUT2D eigenvalue weighted by Gasteiger charge is -2.13. The van der Waals surface area contributed by atoms with E-state index >= 15 is 0 Å². The van der Waals surface area contributed by atoms with Gasteiger partial charge in [-0.3, -0.25) is 4.68 Å². The van der Waals surface area contributed by atoms with E-state index in [1.54, 1.807) is 4.68 Å². The third kappa shape index (κ3) is 2.88. The standard InChI is InChI=1S/C13H17N3O2/c1-16-7-6-13(15-16)11-4-2-3-5-12(11)14-8-10(18)9-17/h2-7,10,14,17-18H,8-9H2,1H3. The van der Waals surface area contributed by atoms with Crippen LogP contribution >= 0.6 is 0 Å². The summed E-state index contributed by atoms with van der Waals surface area (Å²) in [5, 5.41) is 25.6. The van der Waals surface area contributed by atoms with Crippen molar-refractivity contribution in [3.63, 3.8) is 0 Å². The third-order valence-electron chi connectivity index (χ3n) is 2.66. The van der Waals surface area contributed by atoms with E-state index in [9.17, 15) is 5.11 Å². The molecule has 1 atom stereocenters. The molecule has 0 saturated heterocycles. The smallest absolute Gasteiger partial charge is 0.0943 e. The highest BCUT2D eigenvalue weighted by molar-refractivity contribution is 5.75. The normalized spacial score (nSPS) is 12.4. The Bertz CT molecular complexity index is 510. The Labute approximate surface area is 106 Å². The molecule has 0 fully saturated rings. The Hall–Kier alpha value is -1.85. The highest BCUT2D eigenvalue weighted by Gasteiger charge is 2.08. The van der Waals surface area contributed by atoms with Crippen molar-refractivity contribution < 1.29 is 10.2 Å². The van der Waals surface area contributed by atoms with Crippen LogP contribution in [0.1, 0.15) is 0 Å². The van der Waals surface area contributed by atoms with Crippen LogP contribution in [-0.4, -0.2) is 39.2 Å². The van der Waals surface area contributed by atoms with E-state index in [2.05, 4.69) is 10.4 Å². The first-order valence-corrected chi connectivity index (χ1v) is 5.82. The number of aromatic nitrogens is 2. The van der Waals surface area contributed by atoms with Crippen molar-refractivity contribution in [2.45, 2.75) is 6.10 Å². The molecule has 0 spiro atoms. The fourth-order valence-electron chi connectivity index (χ4n) is 1.71. The lowest BCUT2D eigenvalue weighted by molar-refractivity contribution is 0.105. The first kappa shape index (κ1) is 12.6. The number of nitrogens with zero attached hydrogens (tertiary/aromatic N) is 2. The number of nitrogens with one attached hydrogen (secondary N) is 1. The summed E-state index contributed by atoms with van der Waals surface area (Å²) in [5.74, 6) is 0. The predicted molar refractivity (Wildman–Crippen MR) is 70.2 cm³/mol. The van der Waals surface area contributed by atoms with E-state index in [0.717, 1.165) is 16.9 Å². The van der Waals surface area contributed by atoms with E-state index in [0.29, 0.717) is 6.54 Å². The lowest BCUT2D eigenvalue weighted by Crippen LogP contribution is -2.23. The fourth-order valence-corrected chi connectivity index (χ4v) is 1.71. The van der Waals surface area contributed by atoms with Gasteiger partial charge in [0.15, 0.2) is 0 Å². The van der Waals surface area contributed by atoms with Crippen molar-refractivity contribution in [1.29, 1.82) is 0 Å². The van der Waals surface area contributed by atoms with E-state index in [1.807, 2.05) is 43.6 Å². The van der Waals surface area contributed by atoms with Gasteiger partial charge in [0.1, 0.15) is 0 Å². The van der Waals surface area contributed by atoms with Crippen molar-refractivity contribution in [2.24, 2.45) is 7.05 Å². The molecule has 18 heavy (non-hydrogen) atoms. The largest absolute Gasteiger partial charge is 0.394 e. The topological polar surface area (TPSA) is 70.3 Å². The molecule has 0 aliphatic carbocycles. The van der Waals surface area contributed by atoms with Gasteiger partial charge in [-0.2, -0.15) is 5.10 Å². The van der Waals surface area contributed by atoms with E-state index < -0.39 is 6.10 Å². The van der Waals surface area contributed by atoms with Gasteiger partial charge in [0.25, 0.3) is 0 Å². The molecule has 0 bridgehead atoms. The summed E-state index contributed by atoms with van der Waals surface area (Å²) in [6, 6.07) is 9.69. The zero-order valence-corrected chi connectivity index (χ0v) is 10.2. The van der Waals surface area contributed by atoms with Crippen LogP contribution < -0.4 is 5.32 Å². The predicted octanol–water partition coefficient (Wildman–Crippen LogP) is 0.852. The Kier molecular flexibility index (Phi) is 3.96. The van der Waals surface area contributed by atoms with Gasteiger partial charge >= 0.3 is 0 Å². The molecule has 0 amide bonds. The number of anilines is 1. The summed E-state index contributed by atoms with van der Waals surface area (Å²) in [7, 11) is 1.87. The van der Waals surface area contributed by atoms with E-state index in [4.69, 9.17) is 5.11 Å². The molecular weight excluding hydrogens is 230 g/mol. The Morgan fingerprint density at radius 2 is 2.11 bits per heavy atom. The minimum absolute atomic E-state index is 0.251. The van der Waals surface area contributed by atoms with Crippen LogP contribution in [0.5, 0.6) is 0 Å². The minimum atomic E-state index is -0.762. The monoisotopic (exact) mass is 247 g/mol. The van der Waals surface area contributed by atoms with Crippen LogP contribution in [0.4, 0.5) is 5.69 Å². The number of aryl methyl sites for hydroxylation is 1. The molecule has 1 aromatic heterocycles. The Morgan fingerprint density at radius 3 is 2.78 bits per heavy atom. The molecule has 1 aromatic carbocycles. The second kappa shape index (κ2) is 5.66. The van der Waals surface area contributed by atoms with Gasteiger partial charge in [-0.05, 0) is 12.1 Å². The van der Waals surface area contributed by atoms with Crippen LogP contribution in [0.25, 0.3) is 11.3 Å². The molecule has 0 aliphatic rings. The lowest BCUT2D eigenvalue weighted by atomic mass is 10.1. The molecule has 0 saturated carbocycles. The minimum Gasteiger partial charge on any atom is -0.394 e. The molecule has 2 aromatic rings. The summed E-state index contributed by atoms with van der Waals surface area (Å²) in [4.78, 5) is 0. The average molecular weight is 247 g/mol. The molecule has 96 valence electrons. The van der Waals surface area contributed by atoms with Gasteiger partial charge in [-0.15, -0.1) is 0 Å². The maximum absolute atomic E-state index is 9.35. The molecule has 5 heteroatoms. The first-order valence-electron chi connectivity index (χ1n) is 5.82. The van der Waals surface area contributed by atoms with Gasteiger partial charge in [-0.25, -0.2) is 0 Å². The number of aliphatic hydroxyl groups is 2. The molecule has 1 heterocycles. The zero-order valence-electron chi connectivity index (χ0n) is 10.2. The number of hydrogen-bond donors (Lipinski definition) is 3. The Morgan fingerprint density at radius 1 is 1.33 bits per heavy atom. The van der Waals surface area contributed by atoms with Crippen molar-refractivity contribution in [1.82, 2.24) is 9.78 Å². The van der Waals surface area contributed by atoms with Gasteiger partial charge in [-0.1, -0.05) is 18.2 Å². The van der Waals surface area contributed by atoms with Crippen molar-refractivity contribution in [3.8, 4) is 11.3 Å². The van der Waals surface area contributed by atoms with Gasteiger partial charge in [0.2, 0.25) is 0 Å². The molecular formula is C13H17N3O2. The van der Waals surface area contributed by atoms with Gasteiger partial charge < -0.3 is 15.5 Å². The zero-order chi connectivity index (χ0) is 13.0. The third-order valence-corrected chi connectivity index (χ3v) is 2.66. The van der Waals surface area contributed by atoms with Crippen molar-refractivity contribution >= 4 is 5.69 Å². The summed E-state index contributed by atoms with van der Waals surface area (Å²) in [6.07, 6.45) is 1.12. The second-order valence-corrected chi connectivity index (χ2v) is 4.14. The fraction of sp³-hybridized carbons (Fsp3) is 0.308. The highest BCUT2D eigenvalue weighted by atomic mass is 16.3. The summed E-state index contributed by atoms with van der Waals surface area (Å²) in [6.45, 7) is 0.0547. The van der Waals surface area contributed by atoms with Crippen molar-refractivity contribution in [3.05, 3.63) is 36.5 Å². The van der Waals surface area contributed by atoms with Crippen LogP contribution in [0.15, 0.2) is 36.5 Å². The summed E-state index contributed by atoms with van der Waals surface area (Å²) >= 11 is 0. The summed E-state index contributed by atoms with van der Waals surface area (Å²) < 4.78 is 1.74. The quantitative estimate of drug-likeness (QED) is 0.732. The van der Waals surface area contributed by atoms with Crippen LogP contribution in [-0.2, 0) is 7.05 Å². The van der Waals surface area contributed by atoms with Crippen LogP contribution in [0.2, 0.25) is 0 Å².